The summed E-state index contributed by atoms with van der Waals surface area (Å²) in [6.07, 6.45) is 1.65. The van der Waals surface area contributed by atoms with Crippen molar-refractivity contribution in [2.24, 2.45) is 0 Å². The van der Waals surface area contributed by atoms with Crippen LogP contribution in [0.2, 0.25) is 0 Å². The zero-order chi connectivity index (χ0) is 12.3. The SMILES string of the molecule is COC(=O)c1cccc(-n2ccccc2=O)c1. The molecule has 0 N–H and O–H groups in total. The second-order valence-corrected chi connectivity index (χ2v) is 3.45. The molecule has 0 saturated heterocycles. The third-order valence-electron chi connectivity index (χ3n) is 2.37. The Hall–Kier alpha value is -2.36. The maximum Gasteiger partial charge on any atom is 0.337 e. The molecule has 0 spiro atoms. The quantitative estimate of drug-likeness (QED) is 0.735. The zero-order valence-corrected chi connectivity index (χ0v) is 9.29. The van der Waals surface area contributed by atoms with Gasteiger partial charge in [-0.15, -0.1) is 0 Å². The minimum Gasteiger partial charge on any atom is -0.465 e. The van der Waals surface area contributed by atoms with Gasteiger partial charge in [0.05, 0.1) is 12.7 Å². The van der Waals surface area contributed by atoms with E-state index in [9.17, 15) is 9.59 Å². The highest BCUT2D eigenvalue weighted by Gasteiger charge is 2.06. The van der Waals surface area contributed by atoms with E-state index in [-0.39, 0.29) is 5.56 Å². The molecule has 86 valence electrons. The number of nitrogens with zero attached hydrogens (tertiary/aromatic N) is 1. The van der Waals surface area contributed by atoms with Gasteiger partial charge in [0.1, 0.15) is 0 Å². The Kier molecular flexibility index (Phi) is 3.05. The lowest BCUT2D eigenvalue weighted by Crippen LogP contribution is -2.16. The number of esters is 1. The van der Waals surface area contributed by atoms with Gasteiger partial charge in [-0.1, -0.05) is 12.1 Å². The summed E-state index contributed by atoms with van der Waals surface area (Å²) in [5, 5.41) is 0. The van der Waals surface area contributed by atoms with Crippen LogP contribution in [-0.4, -0.2) is 17.6 Å². The summed E-state index contributed by atoms with van der Waals surface area (Å²) in [6, 6.07) is 11.6. The van der Waals surface area contributed by atoms with Crippen LogP contribution in [0.1, 0.15) is 10.4 Å². The molecule has 0 amide bonds. The van der Waals surface area contributed by atoms with Gasteiger partial charge in [0.25, 0.3) is 5.56 Å². The van der Waals surface area contributed by atoms with Crippen molar-refractivity contribution in [3.8, 4) is 5.69 Å². The summed E-state index contributed by atoms with van der Waals surface area (Å²) < 4.78 is 6.10. The third kappa shape index (κ3) is 2.25. The minimum atomic E-state index is -0.421. The Labute approximate surface area is 98.1 Å². The molecule has 0 bridgehead atoms. The average molecular weight is 229 g/mol. The summed E-state index contributed by atoms with van der Waals surface area (Å²) in [4.78, 5) is 23.0. The molecule has 2 rings (SSSR count). The lowest BCUT2D eigenvalue weighted by Gasteiger charge is -2.06. The van der Waals surface area contributed by atoms with Crippen molar-refractivity contribution >= 4 is 5.97 Å². The van der Waals surface area contributed by atoms with E-state index in [0.717, 1.165) is 0 Å². The first-order valence-corrected chi connectivity index (χ1v) is 5.09. The smallest absolute Gasteiger partial charge is 0.337 e. The fourth-order valence-electron chi connectivity index (χ4n) is 1.54. The molecule has 0 aliphatic carbocycles. The molecule has 0 saturated carbocycles. The van der Waals surface area contributed by atoms with E-state index < -0.39 is 5.97 Å². The van der Waals surface area contributed by atoms with Gasteiger partial charge in [0, 0.05) is 18.0 Å². The van der Waals surface area contributed by atoms with Crippen LogP contribution >= 0.6 is 0 Å². The third-order valence-corrected chi connectivity index (χ3v) is 2.37. The standard InChI is InChI=1S/C13H11NO3/c1-17-13(16)10-5-4-6-11(9-10)14-8-3-2-7-12(14)15/h2-9H,1H3. The molecule has 0 fully saturated rings. The molecule has 1 heterocycles. The Morgan fingerprint density at radius 1 is 1.18 bits per heavy atom. The molecule has 0 aliphatic rings. The second kappa shape index (κ2) is 4.65. The number of rotatable bonds is 2. The van der Waals surface area contributed by atoms with Crippen molar-refractivity contribution in [1.82, 2.24) is 4.57 Å². The van der Waals surface area contributed by atoms with Gasteiger partial charge in [-0.05, 0) is 24.3 Å². The van der Waals surface area contributed by atoms with Gasteiger partial charge in [-0.25, -0.2) is 4.79 Å². The molecule has 1 aromatic heterocycles. The van der Waals surface area contributed by atoms with Crippen LogP contribution < -0.4 is 5.56 Å². The van der Waals surface area contributed by atoms with Gasteiger partial charge in [0.15, 0.2) is 0 Å². The number of hydrogen-bond acceptors (Lipinski definition) is 3. The molecule has 1 aromatic carbocycles. The van der Waals surface area contributed by atoms with Crippen molar-refractivity contribution in [2.75, 3.05) is 7.11 Å². The van der Waals surface area contributed by atoms with Crippen LogP contribution in [0.3, 0.4) is 0 Å². The molecule has 0 aliphatic heterocycles. The largest absolute Gasteiger partial charge is 0.465 e. The lowest BCUT2D eigenvalue weighted by molar-refractivity contribution is 0.0600. The predicted molar refractivity (Wildman–Crippen MR) is 63.4 cm³/mol. The van der Waals surface area contributed by atoms with Crippen molar-refractivity contribution in [2.45, 2.75) is 0 Å². The van der Waals surface area contributed by atoms with Crippen LogP contribution in [-0.2, 0) is 4.74 Å². The molecule has 4 nitrogen and oxygen atoms in total. The van der Waals surface area contributed by atoms with Gasteiger partial charge in [-0.2, -0.15) is 0 Å². The van der Waals surface area contributed by atoms with E-state index in [1.165, 1.54) is 17.7 Å². The van der Waals surface area contributed by atoms with Gasteiger partial charge >= 0.3 is 5.97 Å². The van der Waals surface area contributed by atoms with E-state index in [1.807, 2.05) is 0 Å². The molecular weight excluding hydrogens is 218 g/mol. The summed E-state index contributed by atoms with van der Waals surface area (Å²) in [5.74, 6) is -0.421. The van der Waals surface area contributed by atoms with Crippen molar-refractivity contribution in [3.05, 3.63) is 64.6 Å². The summed E-state index contributed by atoms with van der Waals surface area (Å²) in [6.45, 7) is 0. The molecule has 4 heteroatoms. The number of carbonyl (C=O) groups excluding carboxylic acids is 1. The summed E-state index contributed by atoms with van der Waals surface area (Å²) in [7, 11) is 1.32. The fourth-order valence-corrected chi connectivity index (χ4v) is 1.54. The first kappa shape index (κ1) is 11.1. The number of aromatic nitrogens is 1. The van der Waals surface area contributed by atoms with E-state index in [1.54, 1.807) is 42.6 Å². The van der Waals surface area contributed by atoms with Crippen molar-refractivity contribution < 1.29 is 9.53 Å². The average Bonchev–Trinajstić information content (AvgIpc) is 2.38. The minimum absolute atomic E-state index is 0.144. The lowest BCUT2D eigenvalue weighted by atomic mass is 10.2. The number of ether oxygens (including phenoxy) is 1. The highest BCUT2D eigenvalue weighted by Crippen LogP contribution is 2.09. The number of pyridine rings is 1. The maximum absolute atomic E-state index is 11.6. The molecule has 0 atom stereocenters. The Morgan fingerprint density at radius 2 is 2.00 bits per heavy atom. The first-order chi connectivity index (χ1) is 8.22. The molecule has 0 unspecified atom stereocenters. The van der Waals surface area contributed by atoms with Gasteiger partial charge < -0.3 is 4.74 Å². The summed E-state index contributed by atoms with van der Waals surface area (Å²) in [5.41, 5.74) is 0.911. The number of benzene rings is 1. The van der Waals surface area contributed by atoms with Gasteiger partial charge in [-0.3, -0.25) is 9.36 Å². The van der Waals surface area contributed by atoms with E-state index in [2.05, 4.69) is 4.74 Å². The molecule has 0 radical (unpaired) electrons. The van der Waals surface area contributed by atoms with Crippen molar-refractivity contribution in [1.29, 1.82) is 0 Å². The van der Waals surface area contributed by atoms with Crippen LogP contribution in [0.25, 0.3) is 5.69 Å². The molecule has 17 heavy (non-hydrogen) atoms. The van der Waals surface area contributed by atoms with Gasteiger partial charge in [0.2, 0.25) is 0 Å². The highest BCUT2D eigenvalue weighted by atomic mass is 16.5. The van der Waals surface area contributed by atoms with Crippen LogP contribution in [0.15, 0.2) is 53.5 Å². The molecular formula is C13H11NO3. The predicted octanol–water partition coefficient (Wildman–Crippen LogP) is 1.62. The second-order valence-electron chi connectivity index (χ2n) is 3.45. The number of hydrogen-bond donors (Lipinski definition) is 0. The number of carbonyl (C=O) groups is 1. The van der Waals surface area contributed by atoms with Crippen LogP contribution in [0.5, 0.6) is 0 Å². The zero-order valence-electron chi connectivity index (χ0n) is 9.29. The van der Waals surface area contributed by atoms with E-state index in [0.29, 0.717) is 11.3 Å². The summed E-state index contributed by atoms with van der Waals surface area (Å²) >= 11 is 0. The monoisotopic (exact) mass is 229 g/mol. The normalized spacial score (nSPS) is 9.94. The van der Waals surface area contributed by atoms with E-state index >= 15 is 0 Å². The molecule has 2 aromatic rings. The first-order valence-electron chi connectivity index (χ1n) is 5.09. The van der Waals surface area contributed by atoms with Crippen LogP contribution in [0.4, 0.5) is 0 Å². The highest BCUT2D eigenvalue weighted by molar-refractivity contribution is 5.89. The Bertz CT molecular complexity index is 601. The Morgan fingerprint density at radius 3 is 2.71 bits per heavy atom. The fraction of sp³-hybridized carbons (Fsp3) is 0.0769. The topological polar surface area (TPSA) is 48.3 Å². The van der Waals surface area contributed by atoms with Crippen LogP contribution in [0, 0.1) is 0 Å². The van der Waals surface area contributed by atoms with Crippen molar-refractivity contribution in [3.63, 3.8) is 0 Å². The number of methoxy groups -OCH3 is 1. The maximum atomic E-state index is 11.6. The van der Waals surface area contributed by atoms with E-state index in [4.69, 9.17) is 0 Å². The Balaban J connectivity index is 2.51.